The fourth-order valence-electron chi connectivity index (χ4n) is 1.89. The maximum absolute atomic E-state index is 6.13. The lowest BCUT2D eigenvalue weighted by atomic mass is 10.1. The average Bonchev–Trinajstić information content (AvgIpc) is 2.48. The number of hydrogen-bond acceptors (Lipinski definition) is 3. The molecule has 0 saturated heterocycles. The summed E-state index contributed by atoms with van der Waals surface area (Å²) in [7, 11) is 0. The van der Waals surface area contributed by atoms with Gasteiger partial charge in [0, 0.05) is 18.8 Å². The van der Waals surface area contributed by atoms with Crippen molar-refractivity contribution >= 4 is 11.6 Å². The Labute approximate surface area is 124 Å². The molecule has 1 N–H and O–H groups in total. The van der Waals surface area contributed by atoms with Crippen molar-refractivity contribution in [1.29, 1.82) is 0 Å². The van der Waals surface area contributed by atoms with Crippen LogP contribution in [0.15, 0.2) is 42.6 Å². The number of benzene rings is 1. The molecule has 0 aliphatic carbocycles. The molecule has 0 radical (unpaired) electrons. The van der Waals surface area contributed by atoms with Gasteiger partial charge in [0.05, 0.1) is 5.02 Å². The highest BCUT2D eigenvalue weighted by Gasteiger charge is 2.09. The summed E-state index contributed by atoms with van der Waals surface area (Å²) >= 11 is 6.13. The third-order valence-electron chi connectivity index (χ3n) is 3.04. The van der Waals surface area contributed by atoms with Crippen LogP contribution in [-0.2, 0) is 6.54 Å². The Balaban J connectivity index is 2.09. The van der Waals surface area contributed by atoms with Crippen LogP contribution in [-0.4, -0.2) is 11.5 Å². The van der Waals surface area contributed by atoms with Gasteiger partial charge in [-0.3, -0.25) is 0 Å². The quantitative estimate of drug-likeness (QED) is 0.873. The van der Waals surface area contributed by atoms with Gasteiger partial charge < -0.3 is 10.1 Å². The Morgan fingerprint density at radius 3 is 2.75 bits per heavy atom. The molecule has 0 aliphatic heterocycles. The smallest absolute Gasteiger partial charge is 0.214 e. The standard InChI is InChI=1S/C16H19ClN2O/c1-3-18-10-14-9-16(19-11-15(14)17)20-12(2)13-7-5-4-6-8-13/h4-9,11-12,18H,3,10H2,1-2H3. The first kappa shape index (κ1) is 14.8. The second-order valence-electron chi connectivity index (χ2n) is 4.57. The summed E-state index contributed by atoms with van der Waals surface area (Å²) in [6, 6.07) is 12.0. The molecule has 20 heavy (non-hydrogen) atoms. The second kappa shape index (κ2) is 7.27. The van der Waals surface area contributed by atoms with Crippen LogP contribution in [0, 0.1) is 0 Å². The lowest BCUT2D eigenvalue weighted by molar-refractivity contribution is 0.217. The molecule has 1 aromatic heterocycles. The first-order chi connectivity index (χ1) is 9.70. The summed E-state index contributed by atoms with van der Waals surface area (Å²) in [5.74, 6) is 0.596. The first-order valence-electron chi connectivity index (χ1n) is 6.77. The zero-order valence-electron chi connectivity index (χ0n) is 11.8. The lowest BCUT2D eigenvalue weighted by Gasteiger charge is -2.15. The van der Waals surface area contributed by atoms with E-state index in [1.165, 1.54) is 0 Å². The summed E-state index contributed by atoms with van der Waals surface area (Å²) in [4.78, 5) is 4.23. The van der Waals surface area contributed by atoms with E-state index in [0.717, 1.165) is 17.7 Å². The molecule has 1 aromatic carbocycles. The summed E-state index contributed by atoms with van der Waals surface area (Å²) in [6.45, 7) is 5.68. The van der Waals surface area contributed by atoms with E-state index in [0.29, 0.717) is 17.4 Å². The summed E-state index contributed by atoms with van der Waals surface area (Å²) in [5.41, 5.74) is 2.12. The van der Waals surface area contributed by atoms with Crippen LogP contribution in [0.4, 0.5) is 0 Å². The molecular formula is C16H19ClN2O. The molecule has 4 heteroatoms. The van der Waals surface area contributed by atoms with Gasteiger partial charge >= 0.3 is 0 Å². The normalized spacial score (nSPS) is 12.2. The molecule has 0 amide bonds. The Bertz CT molecular complexity index is 545. The molecule has 1 heterocycles. The molecule has 1 atom stereocenters. The van der Waals surface area contributed by atoms with E-state index < -0.39 is 0 Å². The van der Waals surface area contributed by atoms with E-state index in [-0.39, 0.29) is 6.10 Å². The highest BCUT2D eigenvalue weighted by molar-refractivity contribution is 6.31. The summed E-state index contributed by atoms with van der Waals surface area (Å²) in [5, 5.41) is 3.91. The molecule has 0 saturated carbocycles. The van der Waals surface area contributed by atoms with Gasteiger partial charge in [-0.25, -0.2) is 4.98 Å². The molecule has 106 valence electrons. The number of aromatic nitrogens is 1. The van der Waals surface area contributed by atoms with Gasteiger partial charge in [-0.05, 0) is 24.6 Å². The van der Waals surface area contributed by atoms with Crippen LogP contribution in [0.5, 0.6) is 5.88 Å². The Hall–Kier alpha value is -1.58. The Morgan fingerprint density at radius 1 is 1.30 bits per heavy atom. The highest BCUT2D eigenvalue weighted by atomic mass is 35.5. The topological polar surface area (TPSA) is 34.1 Å². The van der Waals surface area contributed by atoms with E-state index in [9.17, 15) is 0 Å². The van der Waals surface area contributed by atoms with Gasteiger partial charge in [-0.15, -0.1) is 0 Å². The van der Waals surface area contributed by atoms with Crippen LogP contribution in [0.3, 0.4) is 0 Å². The van der Waals surface area contributed by atoms with Crippen molar-refractivity contribution < 1.29 is 4.74 Å². The van der Waals surface area contributed by atoms with Crippen molar-refractivity contribution in [2.45, 2.75) is 26.5 Å². The van der Waals surface area contributed by atoms with Gasteiger partial charge in [0.2, 0.25) is 5.88 Å². The summed E-state index contributed by atoms with van der Waals surface area (Å²) < 4.78 is 5.88. The fourth-order valence-corrected chi connectivity index (χ4v) is 2.06. The molecule has 2 aromatic rings. The summed E-state index contributed by atoms with van der Waals surface area (Å²) in [6.07, 6.45) is 1.60. The molecule has 0 aliphatic rings. The number of halogens is 1. The van der Waals surface area contributed by atoms with Gasteiger partial charge in [0.15, 0.2) is 0 Å². The van der Waals surface area contributed by atoms with Crippen molar-refractivity contribution in [3.63, 3.8) is 0 Å². The second-order valence-corrected chi connectivity index (χ2v) is 4.97. The zero-order chi connectivity index (χ0) is 14.4. The molecular weight excluding hydrogens is 272 g/mol. The van der Waals surface area contributed by atoms with E-state index in [1.807, 2.05) is 43.3 Å². The van der Waals surface area contributed by atoms with Crippen molar-refractivity contribution in [3.8, 4) is 5.88 Å². The predicted octanol–water partition coefficient (Wildman–Crippen LogP) is 3.98. The lowest BCUT2D eigenvalue weighted by Crippen LogP contribution is -2.12. The minimum atomic E-state index is -0.0446. The van der Waals surface area contributed by atoms with Crippen molar-refractivity contribution in [3.05, 3.63) is 58.7 Å². The third kappa shape index (κ3) is 3.95. The maximum Gasteiger partial charge on any atom is 0.214 e. The van der Waals surface area contributed by atoms with Crippen LogP contribution in [0.2, 0.25) is 5.02 Å². The maximum atomic E-state index is 6.13. The van der Waals surface area contributed by atoms with Crippen LogP contribution in [0.1, 0.15) is 31.1 Å². The number of pyridine rings is 1. The monoisotopic (exact) mass is 290 g/mol. The van der Waals surface area contributed by atoms with Gasteiger partial charge in [-0.1, -0.05) is 48.9 Å². The SMILES string of the molecule is CCNCc1cc(OC(C)c2ccccc2)ncc1Cl. The average molecular weight is 291 g/mol. The fraction of sp³-hybridized carbons (Fsp3) is 0.312. The number of hydrogen-bond donors (Lipinski definition) is 1. The highest BCUT2D eigenvalue weighted by Crippen LogP contribution is 2.23. The minimum Gasteiger partial charge on any atom is -0.470 e. The Morgan fingerprint density at radius 2 is 2.05 bits per heavy atom. The number of rotatable bonds is 6. The van der Waals surface area contributed by atoms with Crippen molar-refractivity contribution in [2.24, 2.45) is 0 Å². The molecule has 0 bridgehead atoms. The molecule has 1 unspecified atom stereocenters. The van der Waals surface area contributed by atoms with Gasteiger partial charge in [0.25, 0.3) is 0 Å². The predicted molar refractivity (Wildman–Crippen MR) is 82.1 cm³/mol. The van der Waals surface area contributed by atoms with Crippen molar-refractivity contribution in [1.82, 2.24) is 10.3 Å². The van der Waals surface area contributed by atoms with Crippen LogP contribution >= 0.6 is 11.6 Å². The zero-order valence-corrected chi connectivity index (χ0v) is 12.5. The molecule has 0 spiro atoms. The van der Waals surface area contributed by atoms with E-state index in [2.05, 4.69) is 17.2 Å². The third-order valence-corrected chi connectivity index (χ3v) is 3.38. The van der Waals surface area contributed by atoms with Gasteiger partial charge in [-0.2, -0.15) is 0 Å². The number of nitrogens with zero attached hydrogens (tertiary/aromatic N) is 1. The number of nitrogens with one attached hydrogen (secondary N) is 1. The van der Waals surface area contributed by atoms with E-state index in [1.54, 1.807) is 6.20 Å². The number of ether oxygens (including phenoxy) is 1. The van der Waals surface area contributed by atoms with Crippen LogP contribution < -0.4 is 10.1 Å². The first-order valence-corrected chi connectivity index (χ1v) is 7.15. The van der Waals surface area contributed by atoms with E-state index >= 15 is 0 Å². The largest absolute Gasteiger partial charge is 0.470 e. The van der Waals surface area contributed by atoms with Crippen LogP contribution in [0.25, 0.3) is 0 Å². The minimum absolute atomic E-state index is 0.0446. The Kier molecular flexibility index (Phi) is 5.39. The van der Waals surface area contributed by atoms with Gasteiger partial charge in [0.1, 0.15) is 6.10 Å². The molecule has 2 rings (SSSR count). The molecule has 3 nitrogen and oxygen atoms in total. The molecule has 0 fully saturated rings. The van der Waals surface area contributed by atoms with Crippen molar-refractivity contribution in [2.75, 3.05) is 6.54 Å². The van der Waals surface area contributed by atoms with E-state index in [4.69, 9.17) is 16.3 Å².